The molecule has 1 aliphatic carbocycles. The maximum Gasteiger partial charge on any atom is 0.407 e. The van der Waals surface area contributed by atoms with E-state index >= 15 is 0 Å². The van der Waals surface area contributed by atoms with Crippen molar-refractivity contribution in [2.24, 2.45) is 0 Å². The molecule has 2 amide bonds. The van der Waals surface area contributed by atoms with Crippen molar-refractivity contribution in [1.82, 2.24) is 10.6 Å². The fourth-order valence-electron chi connectivity index (χ4n) is 4.20. The van der Waals surface area contributed by atoms with Crippen molar-refractivity contribution in [2.75, 3.05) is 6.61 Å². The number of carbonyl (C=O) groups excluding carboxylic acids is 2. The first-order valence-electron chi connectivity index (χ1n) is 11.0. The number of alkyl carbamates (subject to hydrolysis) is 1. The normalized spacial score (nSPS) is 13.7. The summed E-state index contributed by atoms with van der Waals surface area (Å²) in [6, 6.07) is 14.4. The molecule has 0 aromatic heterocycles. The quantitative estimate of drug-likeness (QED) is 0.481. The molecule has 0 saturated carbocycles. The molecule has 0 bridgehead atoms. The minimum atomic E-state index is -1.01. The van der Waals surface area contributed by atoms with Crippen molar-refractivity contribution < 1.29 is 24.2 Å². The van der Waals surface area contributed by atoms with E-state index in [9.17, 15) is 14.4 Å². The number of aliphatic carboxylic acids is 1. The van der Waals surface area contributed by atoms with Gasteiger partial charge < -0.3 is 20.5 Å². The third-order valence-electron chi connectivity index (χ3n) is 5.68. The second-order valence-corrected chi connectivity index (χ2v) is 8.02. The summed E-state index contributed by atoms with van der Waals surface area (Å²) < 4.78 is 5.49. The number of rotatable bonds is 10. The molecule has 3 rings (SSSR count). The van der Waals surface area contributed by atoms with E-state index < -0.39 is 30.1 Å². The van der Waals surface area contributed by atoms with Gasteiger partial charge in [0.25, 0.3) is 0 Å². The fraction of sp³-hybridized carbons (Fsp3) is 0.346. The summed E-state index contributed by atoms with van der Waals surface area (Å²) in [5.41, 5.74) is 4.40. The Bertz CT molecular complexity index is 1010. The maximum atomic E-state index is 12.7. The maximum absolute atomic E-state index is 12.7. The molecule has 0 aliphatic heterocycles. The summed E-state index contributed by atoms with van der Waals surface area (Å²) in [5, 5.41) is 14.3. The van der Waals surface area contributed by atoms with Crippen molar-refractivity contribution in [3.63, 3.8) is 0 Å². The third kappa shape index (κ3) is 5.92. The lowest BCUT2D eigenvalue weighted by atomic mass is 9.98. The average molecular weight is 449 g/mol. The van der Waals surface area contributed by atoms with Crippen molar-refractivity contribution in [1.29, 1.82) is 0 Å². The second kappa shape index (κ2) is 11.2. The van der Waals surface area contributed by atoms with Crippen molar-refractivity contribution in [3.05, 3.63) is 59.7 Å². The van der Waals surface area contributed by atoms with Gasteiger partial charge in [-0.2, -0.15) is 0 Å². The van der Waals surface area contributed by atoms with Crippen molar-refractivity contribution >= 4 is 18.0 Å². The molecule has 2 atom stereocenters. The number of amides is 2. The van der Waals surface area contributed by atoms with Crippen LogP contribution >= 0.6 is 0 Å². The summed E-state index contributed by atoms with van der Waals surface area (Å²) in [7, 11) is 0. The molecule has 7 nitrogen and oxygen atoms in total. The van der Waals surface area contributed by atoms with Crippen molar-refractivity contribution in [3.8, 4) is 23.5 Å². The summed E-state index contributed by atoms with van der Waals surface area (Å²) >= 11 is 0. The van der Waals surface area contributed by atoms with E-state index in [1.165, 1.54) is 0 Å². The lowest BCUT2D eigenvalue weighted by Gasteiger charge is -2.22. The average Bonchev–Trinajstić information content (AvgIpc) is 3.11. The minimum absolute atomic E-state index is 0.0397. The van der Waals surface area contributed by atoms with Crippen LogP contribution in [0.4, 0.5) is 4.79 Å². The summed E-state index contributed by atoms with van der Waals surface area (Å²) in [6.07, 6.45) is 5.60. The Kier molecular flexibility index (Phi) is 8.09. The molecule has 33 heavy (non-hydrogen) atoms. The van der Waals surface area contributed by atoms with Gasteiger partial charge in [0.05, 0.1) is 6.42 Å². The number of nitrogens with one attached hydrogen (secondary N) is 2. The largest absolute Gasteiger partial charge is 0.481 e. The number of carboxylic acids is 1. The second-order valence-electron chi connectivity index (χ2n) is 8.02. The van der Waals surface area contributed by atoms with Crippen LogP contribution in [-0.2, 0) is 14.3 Å². The summed E-state index contributed by atoms with van der Waals surface area (Å²) in [6.45, 7) is 2.01. The van der Waals surface area contributed by atoms with E-state index in [4.69, 9.17) is 16.3 Å². The van der Waals surface area contributed by atoms with Crippen LogP contribution in [0, 0.1) is 12.3 Å². The molecule has 0 spiro atoms. The highest BCUT2D eigenvalue weighted by atomic mass is 16.5. The van der Waals surface area contributed by atoms with Crippen LogP contribution in [0.2, 0.25) is 0 Å². The predicted molar refractivity (Wildman–Crippen MR) is 125 cm³/mol. The summed E-state index contributed by atoms with van der Waals surface area (Å²) in [5.74, 6) is 0.737. The Morgan fingerprint density at radius 1 is 1.06 bits per heavy atom. The van der Waals surface area contributed by atoms with Crippen LogP contribution in [0.5, 0.6) is 0 Å². The van der Waals surface area contributed by atoms with E-state index in [2.05, 4.69) is 16.6 Å². The molecule has 2 aromatic carbocycles. The summed E-state index contributed by atoms with van der Waals surface area (Å²) in [4.78, 5) is 36.2. The molecule has 2 unspecified atom stereocenters. The highest BCUT2D eigenvalue weighted by Gasteiger charge is 2.30. The monoisotopic (exact) mass is 448 g/mol. The number of ether oxygens (including phenoxy) is 1. The number of fused-ring (bicyclic) bond motifs is 3. The molecule has 0 saturated heterocycles. The van der Waals surface area contributed by atoms with Crippen LogP contribution in [0.15, 0.2) is 48.5 Å². The molecular weight excluding hydrogens is 420 g/mol. The molecule has 2 aromatic rings. The lowest BCUT2D eigenvalue weighted by Crippen LogP contribution is -2.50. The van der Waals surface area contributed by atoms with Gasteiger partial charge in [0.15, 0.2) is 0 Å². The highest BCUT2D eigenvalue weighted by molar-refractivity contribution is 5.86. The minimum Gasteiger partial charge on any atom is -0.481 e. The Labute approximate surface area is 193 Å². The predicted octanol–water partition coefficient (Wildman–Crippen LogP) is 3.68. The molecular formula is C26H28N2O5. The van der Waals surface area contributed by atoms with E-state index in [1.807, 2.05) is 55.5 Å². The fourth-order valence-corrected chi connectivity index (χ4v) is 4.20. The van der Waals surface area contributed by atoms with Gasteiger partial charge >= 0.3 is 12.1 Å². The smallest absolute Gasteiger partial charge is 0.407 e. The first-order chi connectivity index (χ1) is 15.9. The third-order valence-corrected chi connectivity index (χ3v) is 5.68. The number of carboxylic acid groups (broad SMARTS) is 1. The molecule has 7 heteroatoms. The Morgan fingerprint density at radius 3 is 2.21 bits per heavy atom. The number of hydrogen-bond acceptors (Lipinski definition) is 4. The first kappa shape index (κ1) is 23.9. The SMILES string of the molecule is C#CCC(NC(=O)OCC1c2ccccc2-c2ccccc21)C(=O)NC(CCC)CC(=O)O. The van der Waals surface area contributed by atoms with E-state index in [-0.39, 0.29) is 25.4 Å². The molecule has 0 fully saturated rings. The van der Waals surface area contributed by atoms with Crippen LogP contribution < -0.4 is 10.6 Å². The van der Waals surface area contributed by atoms with Gasteiger partial charge in [-0.15, -0.1) is 12.3 Å². The van der Waals surface area contributed by atoms with Gasteiger partial charge in [-0.3, -0.25) is 9.59 Å². The van der Waals surface area contributed by atoms with Gasteiger partial charge in [-0.1, -0.05) is 61.9 Å². The molecule has 1 aliphatic rings. The van der Waals surface area contributed by atoms with Crippen LogP contribution in [0.3, 0.4) is 0 Å². The van der Waals surface area contributed by atoms with Gasteiger partial charge in [-0.05, 0) is 28.7 Å². The Morgan fingerprint density at radius 2 is 1.67 bits per heavy atom. The van der Waals surface area contributed by atoms with Crippen LogP contribution in [0.25, 0.3) is 11.1 Å². The van der Waals surface area contributed by atoms with E-state index in [0.29, 0.717) is 12.8 Å². The van der Waals surface area contributed by atoms with Gasteiger partial charge in [0.1, 0.15) is 12.6 Å². The van der Waals surface area contributed by atoms with Gasteiger partial charge in [-0.25, -0.2) is 4.79 Å². The van der Waals surface area contributed by atoms with Crippen LogP contribution in [0.1, 0.15) is 49.7 Å². The molecule has 0 heterocycles. The topological polar surface area (TPSA) is 105 Å². The lowest BCUT2D eigenvalue weighted by molar-refractivity contribution is -0.137. The Hall–Kier alpha value is -3.79. The first-order valence-corrected chi connectivity index (χ1v) is 11.0. The zero-order valence-electron chi connectivity index (χ0n) is 18.5. The number of benzene rings is 2. The molecule has 0 radical (unpaired) electrons. The van der Waals surface area contributed by atoms with E-state index in [0.717, 1.165) is 22.3 Å². The number of carbonyl (C=O) groups is 3. The van der Waals surface area contributed by atoms with Crippen molar-refractivity contribution in [2.45, 2.75) is 50.6 Å². The van der Waals surface area contributed by atoms with Crippen LogP contribution in [-0.4, -0.2) is 41.8 Å². The number of terminal acetylenes is 1. The van der Waals surface area contributed by atoms with Gasteiger partial charge in [0.2, 0.25) is 5.91 Å². The highest BCUT2D eigenvalue weighted by Crippen LogP contribution is 2.44. The Balaban J connectivity index is 1.63. The zero-order chi connectivity index (χ0) is 23.8. The zero-order valence-corrected chi connectivity index (χ0v) is 18.5. The molecule has 3 N–H and O–H groups in total. The number of hydrogen-bond donors (Lipinski definition) is 3. The van der Waals surface area contributed by atoms with E-state index in [1.54, 1.807) is 0 Å². The van der Waals surface area contributed by atoms with Gasteiger partial charge in [0, 0.05) is 18.4 Å². The molecule has 172 valence electrons. The standard InChI is InChI=1S/C26H28N2O5/c1-3-9-17(15-24(29)30)27-25(31)23(10-4-2)28-26(32)33-16-22-20-13-7-5-11-18(20)19-12-6-8-14-21(19)22/h2,5-8,11-14,17,22-23H,3,9-10,15-16H2,1H3,(H,27,31)(H,28,32)(H,29,30).